The first-order valence-electron chi connectivity index (χ1n) is 7.30. The lowest BCUT2D eigenvalue weighted by Gasteiger charge is -2.20. The van der Waals surface area contributed by atoms with Crippen molar-refractivity contribution in [3.63, 3.8) is 0 Å². The molecule has 0 aliphatic rings. The molecule has 3 nitrogen and oxygen atoms in total. The number of hydrogen-bond acceptors (Lipinski definition) is 3. The van der Waals surface area contributed by atoms with Crippen molar-refractivity contribution in [3.8, 4) is 0 Å². The molecule has 0 bridgehead atoms. The summed E-state index contributed by atoms with van der Waals surface area (Å²) in [4.78, 5) is 0. The van der Waals surface area contributed by atoms with Crippen LogP contribution >= 0.6 is 0 Å². The fourth-order valence-corrected chi connectivity index (χ4v) is 2.73. The molecule has 2 atom stereocenters. The van der Waals surface area contributed by atoms with Crippen molar-refractivity contribution in [1.82, 2.24) is 10.5 Å². The first-order valence-corrected chi connectivity index (χ1v) is 7.30. The Morgan fingerprint density at radius 1 is 1.15 bits per heavy atom. The molecule has 0 spiro atoms. The molecule has 1 aromatic heterocycles. The van der Waals surface area contributed by atoms with Crippen molar-refractivity contribution in [1.29, 1.82) is 0 Å². The predicted molar refractivity (Wildman–Crippen MR) is 81.8 cm³/mol. The molecule has 0 amide bonds. The van der Waals surface area contributed by atoms with Gasteiger partial charge in [0, 0.05) is 17.6 Å². The molecule has 1 N–H and O–H groups in total. The van der Waals surface area contributed by atoms with Crippen LogP contribution in [-0.4, -0.2) is 11.2 Å². The second kappa shape index (κ2) is 6.71. The van der Waals surface area contributed by atoms with Gasteiger partial charge in [-0.2, -0.15) is 0 Å². The van der Waals surface area contributed by atoms with Gasteiger partial charge < -0.3 is 9.84 Å². The third-order valence-corrected chi connectivity index (χ3v) is 3.76. The second-order valence-electron chi connectivity index (χ2n) is 5.55. The highest BCUT2D eigenvalue weighted by Crippen LogP contribution is 2.21. The molecule has 3 heteroatoms. The zero-order valence-electron chi connectivity index (χ0n) is 12.8. The summed E-state index contributed by atoms with van der Waals surface area (Å²) in [5.41, 5.74) is 3.57. The number of rotatable bonds is 6. The quantitative estimate of drug-likeness (QED) is 0.865. The largest absolute Gasteiger partial charge is 0.361 e. The molecule has 1 aromatic carbocycles. The summed E-state index contributed by atoms with van der Waals surface area (Å²) in [6.07, 6.45) is 2.22. The van der Waals surface area contributed by atoms with Gasteiger partial charge in [-0.1, -0.05) is 35.5 Å². The van der Waals surface area contributed by atoms with Gasteiger partial charge in [-0.25, -0.2) is 0 Å². The third-order valence-electron chi connectivity index (χ3n) is 3.76. The Morgan fingerprint density at radius 3 is 2.45 bits per heavy atom. The van der Waals surface area contributed by atoms with E-state index in [4.69, 9.17) is 4.52 Å². The van der Waals surface area contributed by atoms with Crippen molar-refractivity contribution < 1.29 is 4.52 Å². The second-order valence-corrected chi connectivity index (χ2v) is 5.55. The maximum atomic E-state index is 5.24. The van der Waals surface area contributed by atoms with E-state index in [-0.39, 0.29) is 6.04 Å². The maximum Gasteiger partial charge on any atom is 0.138 e. The van der Waals surface area contributed by atoms with Gasteiger partial charge in [0.25, 0.3) is 0 Å². The summed E-state index contributed by atoms with van der Waals surface area (Å²) in [5.74, 6) is 0.915. The van der Waals surface area contributed by atoms with Gasteiger partial charge in [0.2, 0.25) is 0 Å². The number of aromatic nitrogens is 1. The Hall–Kier alpha value is -1.61. The van der Waals surface area contributed by atoms with E-state index < -0.39 is 0 Å². The lowest BCUT2D eigenvalue weighted by atomic mass is 10.0. The summed E-state index contributed by atoms with van der Waals surface area (Å²) in [6, 6.07) is 11.4. The highest BCUT2D eigenvalue weighted by atomic mass is 16.5. The molecule has 108 valence electrons. The highest BCUT2D eigenvalue weighted by Gasteiger charge is 2.17. The first-order chi connectivity index (χ1) is 9.58. The molecule has 0 aliphatic heterocycles. The molecule has 2 rings (SSSR count). The Bertz CT molecular complexity index is 514. The molecule has 0 aliphatic carbocycles. The zero-order valence-corrected chi connectivity index (χ0v) is 12.8. The fourth-order valence-electron chi connectivity index (χ4n) is 2.73. The van der Waals surface area contributed by atoms with Crippen LogP contribution in [0.3, 0.4) is 0 Å². The number of benzene rings is 1. The third kappa shape index (κ3) is 3.70. The maximum absolute atomic E-state index is 5.24. The van der Waals surface area contributed by atoms with Crippen molar-refractivity contribution in [2.24, 2.45) is 0 Å². The van der Waals surface area contributed by atoms with Gasteiger partial charge in [0.15, 0.2) is 0 Å². The molecule has 0 saturated carbocycles. The van der Waals surface area contributed by atoms with Crippen LogP contribution in [0.1, 0.15) is 48.9 Å². The average molecular weight is 272 g/mol. The average Bonchev–Trinajstić information content (AvgIpc) is 2.77. The van der Waals surface area contributed by atoms with Crippen LogP contribution in [0.5, 0.6) is 0 Å². The van der Waals surface area contributed by atoms with Crippen LogP contribution in [0.4, 0.5) is 0 Å². The standard InChI is InChI=1S/C17H24N2O/c1-12(10-11-16-8-6-5-7-9-16)18-13(2)17-14(3)19-20-15(17)4/h5-9,12-13,18H,10-11H2,1-4H3. The number of aryl methyl sites for hydroxylation is 3. The van der Waals surface area contributed by atoms with E-state index in [1.165, 1.54) is 11.1 Å². The number of nitrogens with one attached hydrogen (secondary N) is 1. The first kappa shape index (κ1) is 14.8. The lowest BCUT2D eigenvalue weighted by Crippen LogP contribution is -2.29. The Morgan fingerprint density at radius 2 is 1.85 bits per heavy atom. The molecular formula is C17H24N2O. The minimum atomic E-state index is 0.270. The monoisotopic (exact) mass is 272 g/mol. The van der Waals surface area contributed by atoms with Gasteiger partial charge in [-0.3, -0.25) is 0 Å². The molecule has 2 aromatic rings. The molecule has 0 saturated heterocycles. The van der Waals surface area contributed by atoms with E-state index in [1.807, 2.05) is 13.8 Å². The van der Waals surface area contributed by atoms with Crippen molar-refractivity contribution >= 4 is 0 Å². The summed E-state index contributed by atoms with van der Waals surface area (Å²) in [5, 5.41) is 7.66. The molecule has 20 heavy (non-hydrogen) atoms. The normalized spacial score (nSPS) is 14.2. The van der Waals surface area contributed by atoms with E-state index >= 15 is 0 Å². The minimum Gasteiger partial charge on any atom is -0.361 e. The van der Waals surface area contributed by atoms with E-state index in [9.17, 15) is 0 Å². The smallest absolute Gasteiger partial charge is 0.138 e. The fraction of sp³-hybridized carbons (Fsp3) is 0.471. The Kier molecular flexibility index (Phi) is 4.96. The van der Waals surface area contributed by atoms with E-state index in [2.05, 4.69) is 54.7 Å². The molecular weight excluding hydrogens is 248 g/mol. The summed E-state index contributed by atoms with van der Waals surface area (Å²) < 4.78 is 5.24. The minimum absolute atomic E-state index is 0.270. The SMILES string of the molecule is Cc1noc(C)c1C(C)NC(C)CCc1ccccc1. The lowest BCUT2D eigenvalue weighted by molar-refractivity contribution is 0.388. The van der Waals surface area contributed by atoms with Crippen molar-refractivity contribution in [3.05, 3.63) is 52.9 Å². The van der Waals surface area contributed by atoms with Crippen molar-refractivity contribution in [2.75, 3.05) is 0 Å². The summed E-state index contributed by atoms with van der Waals surface area (Å²) in [6.45, 7) is 8.38. The van der Waals surface area contributed by atoms with Crippen LogP contribution in [0.25, 0.3) is 0 Å². The van der Waals surface area contributed by atoms with Crippen LogP contribution in [0.15, 0.2) is 34.9 Å². The molecule has 0 radical (unpaired) electrons. The Balaban J connectivity index is 1.87. The molecule has 1 heterocycles. The van der Waals surface area contributed by atoms with Gasteiger partial charge in [0.1, 0.15) is 5.76 Å². The summed E-state index contributed by atoms with van der Waals surface area (Å²) in [7, 11) is 0. The highest BCUT2D eigenvalue weighted by molar-refractivity contribution is 5.24. The zero-order chi connectivity index (χ0) is 14.5. The Labute approximate surface area is 121 Å². The van der Waals surface area contributed by atoms with E-state index in [0.29, 0.717) is 6.04 Å². The van der Waals surface area contributed by atoms with Crippen LogP contribution in [-0.2, 0) is 6.42 Å². The molecule has 2 unspecified atom stereocenters. The number of nitrogens with zero attached hydrogens (tertiary/aromatic N) is 1. The number of hydrogen-bond donors (Lipinski definition) is 1. The van der Waals surface area contributed by atoms with Crippen LogP contribution in [0.2, 0.25) is 0 Å². The van der Waals surface area contributed by atoms with Gasteiger partial charge in [-0.15, -0.1) is 0 Å². The van der Waals surface area contributed by atoms with Gasteiger partial charge in [0.05, 0.1) is 5.69 Å². The molecule has 0 fully saturated rings. The van der Waals surface area contributed by atoms with Crippen molar-refractivity contribution in [2.45, 2.75) is 52.6 Å². The topological polar surface area (TPSA) is 38.1 Å². The van der Waals surface area contributed by atoms with Crippen LogP contribution < -0.4 is 5.32 Å². The van der Waals surface area contributed by atoms with E-state index in [0.717, 1.165) is 24.3 Å². The van der Waals surface area contributed by atoms with E-state index in [1.54, 1.807) is 0 Å². The summed E-state index contributed by atoms with van der Waals surface area (Å²) >= 11 is 0. The van der Waals surface area contributed by atoms with Crippen LogP contribution in [0, 0.1) is 13.8 Å². The van der Waals surface area contributed by atoms with Gasteiger partial charge >= 0.3 is 0 Å². The predicted octanol–water partition coefficient (Wildman–Crippen LogP) is 3.96. The van der Waals surface area contributed by atoms with Gasteiger partial charge in [-0.05, 0) is 46.1 Å².